The number of aromatic nitrogens is 1. The number of ether oxygens (including phenoxy) is 2. The van der Waals surface area contributed by atoms with Crippen molar-refractivity contribution in [1.29, 1.82) is 0 Å². The quantitative estimate of drug-likeness (QED) is 0.823. The van der Waals surface area contributed by atoms with Gasteiger partial charge >= 0.3 is 0 Å². The molecule has 0 saturated carbocycles. The van der Waals surface area contributed by atoms with Crippen molar-refractivity contribution in [2.45, 2.75) is 0 Å². The van der Waals surface area contributed by atoms with Crippen molar-refractivity contribution >= 4 is 12.2 Å². The molecule has 3 heteroatoms. The van der Waals surface area contributed by atoms with Crippen molar-refractivity contribution in [2.75, 3.05) is 14.2 Å². The highest BCUT2D eigenvalue weighted by Gasteiger charge is 1.93. The molecule has 3 nitrogen and oxygen atoms in total. The van der Waals surface area contributed by atoms with Crippen molar-refractivity contribution in [3.63, 3.8) is 0 Å². The molecular formula is C15H15NO2. The summed E-state index contributed by atoms with van der Waals surface area (Å²) in [5, 5.41) is 0. The number of hydrogen-bond donors (Lipinski definition) is 0. The minimum absolute atomic E-state index is 0.622. The largest absolute Gasteiger partial charge is 0.497 e. The molecule has 2 rings (SSSR count). The van der Waals surface area contributed by atoms with E-state index in [-0.39, 0.29) is 0 Å². The van der Waals surface area contributed by atoms with Gasteiger partial charge in [0.15, 0.2) is 0 Å². The summed E-state index contributed by atoms with van der Waals surface area (Å²) in [6.07, 6.45) is 5.82. The SMILES string of the molecule is COc1ccc(/C=C/c2ccc(OC)nc2)cc1. The van der Waals surface area contributed by atoms with E-state index < -0.39 is 0 Å². The van der Waals surface area contributed by atoms with E-state index in [1.165, 1.54) is 0 Å². The fraction of sp³-hybridized carbons (Fsp3) is 0.133. The van der Waals surface area contributed by atoms with E-state index >= 15 is 0 Å². The number of benzene rings is 1. The molecule has 0 aliphatic heterocycles. The minimum Gasteiger partial charge on any atom is -0.497 e. The number of pyridine rings is 1. The molecule has 0 unspecified atom stereocenters. The van der Waals surface area contributed by atoms with Crippen LogP contribution < -0.4 is 9.47 Å². The highest BCUT2D eigenvalue weighted by atomic mass is 16.5. The molecule has 0 fully saturated rings. The topological polar surface area (TPSA) is 31.4 Å². The lowest BCUT2D eigenvalue weighted by Gasteiger charge is -2.00. The van der Waals surface area contributed by atoms with E-state index in [4.69, 9.17) is 9.47 Å². The van der Waals surface area contributed by atoms with E-state index in [0.29, 0.717) is 5.88 Å². The molecule has 1 heterocycles. The van der Waals surface area contributed by atoms with E-state index in [9.17, 15) is 0 Å². The maximum Gasteiger partial charge on any atom is 0.212 e. The van der Waals surface area contributed by atoms with Crippen LogP contribution in [0, 0.1) is 0 Å². The molecule has 0 aliphatic carbocycles. The third-order valence-electron chi connectivity index (χ3n) is 2.55. The molecule has 0 spiro atoms. The standard InChI is InChI=1S/C15H15NO2/c1-17-14-8-5-12(6-9-14)3-4-13-7-10-15(18-2)16-11-13/h3-11H,1-2H3/b4-3+. The fourth-order valence-corrected chi connectivity index (χ4v) is 1.52. The smallest absolute Gasteiger partial charge is 0.212 e. The molecular weight excluding hydrogens is 226 g/mol. The Bertz CT molecular complexity index is 466. The van der Waals surface area contributed by atoms with E-state index in [1.807, 2.05) is 48.6 Å². The molecule has 0 aliphatic rings. The zero-order valence-corrected chi connectivity index (χ0v) is 10.5. The lowest BCUT2D eigenvalue weighted by atomic mass is 10.1. The van der Waals surface area contributed by atoms with Gasteiger partial charge in [0.1, 0.15) is 5.75 Å². The summed E-state index contributed by atoms with van der Waals surface area (Å²) < 4.78 is 10.1. The summed E-state index contributed by atoms with van der Waals surface area (Å²) in [7, 11) is 3.27. The first kappa shape index (κ1) is 12.2. The van der Waals surface area contributed by atoms with Crippen molar-refractivity contribution in [3.05, 3.63) is 53.7 Å². The Morgan fingerprint density at radius 1 is 0.833 bits per heavy atom. The van der Waals surface area contributed by atoms with Gasteiger partial charge in [-0.2, -0.15) is 0 Å². The van der Waals surface area contributed by atoms with Crippen molar-refractivity contribution in [3.8, 4) is 11.6 Å². The second-order valence-electron chi connectivity index (χ2n) is 3.74. The number of nitrogens with zero attached hydrogens (tertiary/aromatic N) is 1. The maximum atomic E-state index is 5.11. The Morgan fingerprint density at radius 3 is 2.06 bits per heavy atom. The molecule has 0 saturated heterocycles. The Hall–Kier alpha value is -2.29. The molecule has 0 bridgehead atoms. The zero-order chi connectivity index (χ0) is 12.8. The Balaban J connectivity index is 2.08. The summed E-state index contributed by atoms with van der Waals surface area (Å²) >= 11 is 0. The highest BCUT2D eigenvalue weighted by molar-refractivity contribution is 5.69. The number of rotatable bonds is 4. The summed E-state index contributed by atoms with van der Waals surface area (Å²) in [4.78, 5) is 4.14. The van der Waals surface area contributed by atoms with Crippen LogP contribution in [0.4, 0.5) is 0 Å². The van der Waals surface area contributed by atoms with Gasteiger partial charge in [0.25, 0.3) is 0 Å². The highest BCUT2D eigenvalue weighted by Crippen LogP contribution is 2.14. The van der Waals surface area contributed by atoms with Gasteiger partial charge < -0.3 is 9.47 Å². The van der Waals surface area contributed by atoms with Crippen LogP contribution in [-0.2, 0) is 0 Å². The van der Waals surface area contributed by atoms with Gasteiger partial charge in [-0.15, -0.1) is 0 Å². The van der Waals surface area contributed by atoms with Gasteiger partial charge in [0.05, 0.1) is 14.2 Å². The zero-order valence-electron chi connectivity index (χ0n) is 10.5. The average molecular weight is 241 g/mol. The predicted octanol–water partition coefficient (Wildman–Crippen LogP) is 3.27. The molecule has 0 atom stereocenters. The predicted molar refractivity (Wildman–Crippen MR) is 72.7 cm³/mol. The Morgan fingerprint density at radius 2 is 1.50 bits per heavy atom. The van der Waals surface area contributed by atoms with Crippen molar-refractivity contribution in [2.24, 2.45) is 0 Å². The number of hydrogen-bond acceptors (Lipinski definition) is 3. The van der Waals surface area contributed by atoms with Gasteiger partial charge in [-0.1, -0.05) is 24.3 Å². The third kappa shape index (κ3) is 3.10. The van der Waals surface area contributed by atoms with E-state index in [0.717, 1.165) is 16.9 Å². The van der Waals surface area contributed by atoms with Crippen molar-refractivity contribution in [1.82, 2.24) is 4.98 Å². The first-order chi connectivity index (χ1) is 8.81. The summed E-state index contributed by atoms with van der Waals surface area (Å²) in [6, 6.07) is 11.7. The van der Waals surface area contributed by atoms with Crippen molar-refractivity contribution < 1.29 is 9.47 Å². The molecule has 1 aromatic heterocycles. The minimum atomic E-state index is 0.622. The van der Waals surface area contributed by atoms with Crippen LogP contribution in [0.1, 0.15) is 11.1 Å². The first-order valence-corrected chi connectivity index (χ1v) is 5.64. The molecule has 92 valence electrons. The van der Waals surface area contributed by atoms with Gasteiger partial charge in [-0.05, 0) is 29.3 Å². The van der Waals surface area contributed by atoms with Crippen LogP contribution in [0.15, 0.2) is 42.6 Å². The Kier molecular flexibility index (Phi) is 3.97. The monoisotopic (exact) mass is 241 g/mol. The van der Waals surface area contributed by atoms with Gasteiger partial charge in [-0.25, -0.2) is 4.98 Å². The van der Waals surface area contributed by atoms with Crippen LogP contribution in [0.2, 0.25) is 0 Å². The van der Waals surface area contributed by atoms with Crippen LogP contribution in [0.3, 0.4) is 0 Å². The second-order valence-corrected chi connectivity index (χ2v) is 3.74. The second kappa shape index (κ2) is 5.87. The normalized spacial score (nSPS) is 10.6. The molecule has 0 amide bonds. The van der Waals surface area contributed by atoms with Gasteiger partial charge in [-0.3, -0.25) is 0 Å². The van der Waals surface area contributed by atoms with Crippen LogP contribution in [0.25, 0.3) is 12.2 Å². The van der Waals surface area contributed by atoms with Crippen LogP contribution in [0.5, 0.6) is 11.6 Å². The maximum absolute atomic E-state index is 5.11. The van der Waals surface area contributed by atoms with Gasteiger partial charge in [0.2, 0.25) is 5.88 Å². The third-order valence-corrected chi connectivity index (χ3v) is 2.55. The van der Waals surface area contributed by atoms with Gasteiger partial charge in [0, 0.05) is 12.3 Å². The first-order valence-electron chi connectivity index (χ1n) is 5.64. The van der Waals surface area contributed by atoms with Crippen LogP contribution in [-0.4, -0.2) is 19.2 Å². The average Bonchev–Trinajstić information content (AvgIpc) is 2.46. The summed E-state index contributed by atoms with van der Waals surface area (Å²) in [5.41, 5.74) is 2.15. The molecule has 1 aromatic carbocycles. The van der Waals surface area contributed by atoms with E-state index in [2.05, 4.69) is 4.98 Å². The van der Waals surface area contributed by atoms with Crippen LogP contribution >= 0.6 is 0 Å². The Labute approximate surface area is 107 Å². The van der Waals surface area contributed by atoms with E-state index in [1.54, 1.807) is 20.4 Å². The number of methoxy groups -OCH3 is 2. The molecule has 2 aromatic rings. The summed E-state index contributed by atoms with van der Waals surface area (Å²) in [5.74, 6) is 1.48. The summed E-state index contributed by atoms with van der Waals surface area (Å²) in [6.45, 7) is 0. The lowest BCUT2D eigenvalue weighted by Crippen LogP contribution is -1.86. The lowest BCUT2D eigenvalue weighted by molar-refractivity contribution is 0.398. The molecule has 0 N–H and O–H groups in total. The molecule has 18 heavy (non-hydrogen) atoms. The molecule has 0 radical (unpaired) electrons. The fourth-order valence-electron chi connectivity index (χ4n) is 1.52.